The van der Waals surface area contributed by atoms with Crippen molar-refractivity contribution in [3.8, 4) is 201 Å². The Bertz CT molecular complexity index is 7620. The molecule has 5 aromatic heterocycles. The van der Waals surface area contributed by atoms with Crippen molar-refractivity contribution in [2.75, 3.05) is 0 Å². The van der Waals surface area contributed by atoms with Crippen LogP contribution < -0.4 is 0 Å². The van der Waals surface area contributed by atoms with Crippen LogP contribution in [0.4, 0.5) is 0 Å². The first kappa shape index (κ1) is 66.2. The zero-order valence-electron chi connectivity index (χ0n) is 96.9. The van der Waals surface area contributed by atoms with Crippen LogP contribution in [-0.4, -0.2) is 29.9 Å². The summed E-state index contributed by atoms with van der Waals surface area (Å²) in [6.45, 7) is 3.30. The maximum absolute atomic E-state index is 9.19. The Morgan fingerprint density at radius 3 is 0.493 bits per heavy atom. The van der Waals surface area contributed by atoms with Crippen molar-refractivity contribution in [1.82, 2.24) is 29.9 Å². The van der Waals surface area contributed by atoms with Gasteiger partial charge in [0, 0.05) is 85.6 Å². The number of rotatable bonds is 26. The van der Waals surface area contributed by atoms with Crippen LogP contribution in [0.5, 0.6) is 0 Å². The van der Waals surface area contributed by atoms with Crippen LogP contribution in [0.3, 0.4) is 0 Å². The summed E-state index contributed by atoms with van der Waals surface area (Å²) in [4.78, 5) is 28.2. The molecule has 0 aliphatic heterocycles. The number of hydrogen-bond donors (Lipinski definition) is 0. The van der Waals surface area contributed by atoms with E-state index in [0.717, 1.165) is 145 Å². The lowest BCUT2D eigenvalue weighted by atomic mass is 9.86. The molecular formula is C128H112N6. The second kappa shape index (κ2) is 39.1. The predicted octanol–water partition coefficient (Wildman–Crippen LogP) is 34.1. The molecule has 0 N–H and O–H groups in total. The topological polar surface area (TPSA) is 77.3 Å². The van der Waals surface area contributed by atoms with Gasteiger partial charge in [0.2, 0.25) is 0 Å². The van der Waals surface area contributed by atoms with Crippen molar-refractivity contribution in [3.63, 3.8) is 0 Å². The molecule has 0 aliphatic carbocycles. The highest BCUT2D eigenvalue weighted by Crippen LogP contribution is 2.47. The van der Waals surface area contributed by atoms with E-state index in [1.54, 1.807) is 55.4 Å². The lowest BCUT2D eigenvalue weighted by Crippen LogP contribution is -1.98. The predicted molar refractivity (Wildman–Crippen MR) is 564 cm³/mol. The zero-order chi connectivity index (χ0) is 110. The fourth-order valence-electron chi connectivity index (χ4n) is 17.8. The summed E-state index contributed by atoms with van der Waals surface area (Å²) >= 11 is 0. The summed E-state index contributed by atoms with van der Waals surface area (Å²) in [5, 5.41) is 0. The van der Waals surface area contributed by atoms with Crippen LogP contribution in [0.1, 0.15) is 129 Å². The van der Waals surface area contributed by atoms with Gasteiger partial charge in [0.15, 0.2) is 0 Å². The molecule has 0 fully saturated rings. The van der Waals surface area contributed by atoms with E-state index in [2.05, 4.69) is 153 Å². The molecule has 19 aromatic rings. The van der Waals surface area contributed by atoms with Gasteiger partial charge in [-0.1, -0.05) is 347 Å². The van der Waals surface area contributed by atoms with Gasteiger partial charge in [-0.2, -0.15) is 0 Å². The van der Waals surface area contributed by atoms with E-state index in [-0.39, 0.29) is 50.8 Å². The SMILES string of the molecule is [2H]c1nc(-c2ccc(-c3ccccc3-c3cc(-c4ccccc4-c4ccc(-c5cc(C([2H])([2H])[2H])c(C([2H])([2H])C(C)C)cn5)cc4)cc(-c4ccccc4-c4ccc(-c5cc(C([2H])([2H])[2H])c(C([2H])([2H])C(C)C)cn5)cc4)c3)cc2)cc(-c2ccc(-c3ccccc3-c3cc(-c4ccccc4-c4ccc(-c5cc(C([2H])([2H])[2H])c(C([2H])([2H])C(C)C)cn5)cc4)cc(-c4ccccc4-c4ccc(-c5cc(C([2H])([2H])[2H])c(C([2H])([2H])C(C)C)cn5)cc4)c3)cc2)n1. The van der Waals surface area contributed by atoms with E-state index in [4.69, 9.17) is 37.4 Å². The number of nitrogens with zero attached hydrogens (tertiary/aromatic N) is 6. The number of hydrogen-bond acceptors (Lipinski definition) is 6. The normalized spacial score (nSPS) is 14.6. The van der Waals surface area contributed by atoms with E-state index < -0.39 is 76.6 Å². The number of pyridine rings is 4. The monoisotopic (exact) mass is 1750 g/mol. The van der Waals surface area contributed by atoms with Gasteiger partial charge in [0.25, 0.3) is 0 Å². The molecule has 0 radical (unpaired) electrons. The van der Waals surface area contributed by atoms with E-state index in [9.17, 15) is 1.37 Å². The maximum Gasteiger partial charge on any atom is 0.116 e. The largest absolute Gasteiger partial charge is 0.256 e. The Labute approximate surface area is 821 Å². The highest BCUT2D eigenvalue weighted by Gasteiger charge is 2.23. The lowest BCUT2D eigenvalue weighted by molar-refractivity contribution is 0.643. The van der Waals surface area contributed by atoms with Gasteiger partial charge in [-0.15, -0.1) is 0 Å². The van der Waals surface area contributed by atoms with Crippen molar-refractivity contribution in [1.29, 1.82) is 0 Å². The molecule has 0 bridgehead atoms. The molecule has 134 heavy (non-hydrogen) atoms. The molecule has 0 spiro atoms. The van der Waals surface area contributed by atoms with Gasteiger partial charge < -0.3 is 0 Å². The van der Waals surface area contributed by atoms with Crippen molar-refractivity contribution in [2.24, 2.45) is 23.7 Å². The van der Waals surface area contributed by atoms with Gasteiger partial charge in [-0.3, -0.25) is 19.9 Å². The highest BCUT2D eigenvalue weighted by molar-refractivity contribution is 5.98. The quantitative estimate of drug-likeness (QED) is 0.0538. The molecule has 0 amide bonds. The summed E-state index contributed by atoms with van der Waals surface area (Å²) in [6, 6.07) is 118. The fourth-order valence-corrected chi connectivity index (χ4v) is 17.8. The fraction of sp³-hybridized carbons (Fsp3) is 0.156. The number of aromatic nitrogens is 6. The van der Waals surface area contributed by atoms with Gasteiger partial charge in [-0.25, -0.2) is 9.97 Å². The molecule has 0 saturated carbocycles. The average molecular weight is 1760 g/mol. The molecule has 14 aromatic carbocycles. The third-order valence-corrected chi connectivity index (χ3v) is 24.3. The Morgan fingerprint density at radius 2 is 0.336 bits per heavy atom. The third-order valence-electron chi connectivity index (χ3n) is 24.3. The van der Waals surface area contributed by atoms with Gasteiger partial charge in [0.05, 0.1) is 34.2 Å². The van der Waals surface area contributed by atoms with Crippen LogP contribution in [0.25, 0.3) is 201 Å². The van der Waals surface area contributed by atoms with Crippen LogP contribution >= 0.6 is 0 Å². The Hall–Kier alpha value is -15.2. The van der Waals surface area contributed by atoms with E-state index in [1.807, 2.05) is 200 Å². The van der Waals surface area contributed by atoms with E-state index >= 15 is 0 Å². The molecule has 6 heteroatoms. The summed E-state index contributed by atoms with van der Waals surface area (Å²) in [7, 11) is 0. The minimum atomic E-state index is -2.61. The van der Waals surface area contributed by atoms with Crippen LogP contribution in [0.15, 0.2) is 389 Å². The first-order chi connectivity index (χ1) is 73.6. The van der Waals surface area contributed by atoms with Crippen molar-refractivity contribution in [2.45, 2.75) is 108 Å². The Balaban J connectivity index is 0.660. The molecule has 19 rings (SSSR count). The second-order valence-corrected chi connectivity index (χ2v) is 35.2. The summed E-state index contributed by atoms with van der Waals surface area (Å²) in [5.41, 5.74) is 28.4. The van der Waals surface area contributed by atoms with Crippen molar-refractivity contribution >= 4 is 0 Å². The molecule has 0 atom stereocenters. The minimum Gasteiger partial charge on any atom is -0.256 e. The number of benzene rings is 14. The molecule has 6 nitrogen and oxygen atoms in total. The van der Waals surface area contributed by atoms with Crippen LogP contribution in [-0.2, 0) is 25.5 Å². The third kappa shape index (κ3) is 19.3. The molecule has 0 saturated heterocycles. The van der Waals surface area contributed by atoms with Crippen LogP contribution in [0.2, 0.25) is 0 Å². The van der Waals surface area contributed by atoms with Crippen LogP contribution in [0, 0.1) is 51.1 Å². The van der Waals surface area contributed by atoms with E-state index in [1.165, 1.54) is 49.1 Å². The molecule has 0 aliphatic rings. The zero-order valence-corrected chi connectivity index (χ0v) is 75.9. The Morgan fingerprint density at radius 1 is 0.187 bits per heavy atom. The Kier molecular flexibility index (Phi) is 19.3. The van der Waals surface area contributed by atoms with Crippen molar-refractivity contribution < 1.29 is 28.8 Å². The maximum atomic E-state index is 9.19. The molecule has 5 heterocycles. The summed E-state index contributed by atoms with van der Waals surface area (Å²) in [6.07, 6.45) is -2.52. The molecule has 654 valence electrons. The summed E-state index contributed by atoms with van der Waals surface area (Å²) in [5.74, 6) is -2.06. The molecular weight excluding hydrogens is 1620 g/mol. The smallest absolute Gasteiger partial charge is 0.116 e. The number of aryl methyl sites for hydroxylation is 4. The first-order valence-corrected chi connectivity index (χ1v) is 45.5. The van der Waals surface area contributed by atoms with Gasteiger partial charge in [-0.05, 0) is 321 Å². The van der Waals surface area contributed by atoms with Crippen molar-refractivity contribution in [3.05, 3.63) is 434 Å². The molecule has 0 unspecified atom stereocenters. The standard InChI is InChI=1S/C128H112N6/c1-81(2)61-107-76-129-123(65-85(107)9)95-49-37-89(38-50-95)111-25-13-19-31-117(111)101-69-102(118-32-20-14-26-112(118)90-39-51-96(52-40-90)124-66-86(10)108(77-130-124)62-82(3)4)72-105(71-101)121-35-23-17-29-115(121)93-45-57-99(58-46-93)127-75-128(134-80-133-127)100-59-47-94(48-60-100)116-30-18-24-36-122(116)106-73-103(119-33-21-15-27-113(119)91-41-53-97(54-42-91)125-67-87(11)109(78-131-125)63-83(5)6)70-104(74-106)120-34-22-16-28-114(120)92-43-55-98(56-44-92)126-68-88(12)110(79-132-126)64-84(7)8/h13-60,65-84H,61-64H2,1-12H3/i9D3,10D3,11D3,12D3,61D2,62D2,63D2,64D2,80D. The first-order valence-electron chi connectivity index (χ1n) is 56.0. The minimum absolute atomic E-state index is 0.0356. The van der Waals surface area contributed by atoms with Gasteiger partial charge >= 0.3 is 0 Å². The lowest BCUT2D eigenvalue weighted by Gasteiger charge is -2.18. The highest BCUT2D eigenvalue weighted by atomic mass is 14.8. The summed E-state index contributed by atoms with van der Waals surface area (Å²) < 4.78 is 182. The van der Waals surface area contributed by atoms with Gasteiger partial charge in [0.1, 0.15) is 7.67 Å². The second-order valence-electron chi connectivity index (χ2n) is 35.2. The van der Waals surface area contributed by atoms with E-state index in [0.29, 0.717) is 56.4 Å². The average Bonchev–Trinajstić information content (AvgIpc) is 0.792.